The molecule has 1 atom stereocenters. The van der Waals surface area contributed by atoms with Crippen molar-refractivity contribution in [2.75, 3.05) is 0 Å². The molecule has 0 heterocycles. The van der Waals surface area contributed by atoms with E-state index in [0.29, 0.717) is 18.8 Å². The van der Waals surface area contributed by atoms with E-state index in [0.717, 1.165) is 12.7 Å². The van der Waals surface area contributed by atoms with Crippen LogP contribution in [0.3, 0.4) is 0 Å². The highest BCUT2D eigenvalue weighted by atomic mass is 16.1. The summed E-state index contributed by atoms with van der Waals surface area (Å²) < 4.78 is 0. The van der Waals surface area contributed by atoms with Crippen molar-refractivity contribution in [1.82, 2.24) is 0 Å². The number of rotatable bonds is 5. The number of Topliss-reactive ketones (excluding diaryl/α,β-unsaturated/α-hetero) is 1. The van der Waals surface area contributed by atoms with Gasteiger partial charge in [-0.1, -0.05) is 6.92 Å². The van der Waals surface area contributed by atoms with E-state index in [2.05, 4.69) is 0 Å². The maximum Gasteiger partial charge on any atom is 0.129 e. The smallest absolute Gasteiger partial charge is 0.129 e. The molecule has 0 saturated carbocycles. The van der Waals surface area contributed by atoms with Crippen molar-refractivity contribution in [3.63, 3.8) is 0 Å². The lowest BCUT2D eigenvalue weighted by molar-refractivity contribution is -0.117. The van der Waals surface area contributed by atoms with Crippen LogP contribution in [-0.2, 0) is 9.59 Å². The van der Waals surface area contributed by atoms with Gasteiger partial charge in [0.05, 0.1) is 0 Å². The zero-order valence-electron chi connectivity index (χ0n) is 6.59. The Morgan fingerprint density at radius 2 is 2.20 bits per heavy atom. The van der Waals surface area contributed by atoms with Crippen LogP contribution in [0.2, 0.25) is 0 Å². The molecule has 0 aromatic heterocycles. The molecule has 0 aliphatic carbocycles. The molecule has 0 rings (SSSR count). The van der Waals surface area contributed by atoms with Crippen LogP contribution in [0, 0.1) is 5.92 Å². The average molecular weight is 142 g/mol. The van der Waals surface area contributed by atoms with Gasteiger partial charge in [0.25, 0.3) is 0 Å². The number of ketones is 1. The zero-order chi connectivity index (χ0) is 7.98. The number of carbonyl (C=O) groups excluding carboxylic acids is 2. The highest BCUT2D eigenvalue weighted by molar-refractivity contribution is 5.75. The third kappa shape index (κ3) is 5.48. The molecule has 0 bridgehead atoms. The normalized spacial score (nSPS) is 12.6. The van der Waals surface area contributed by atoms with E-state index in [1.165, 1.54) is 0 Å². The van der Waals surface area contributed by atoms with Crippen molar-refractivity contribution in [1.29, 1.82) is 0 Å². The molecule has 10 heavy (non-hydrogen) atoms. The van der Waals surface area contributed by atoms with Gasteiger partial charge in [-0.25, -0.2) is 0 Å². The summed E-state index contributed by atoms with van der Waals surface area (Å²) in [5.74, 6) is 0.569. The van der Waals surface area contributed by atoms with Crippen molar-refractivity contribution in [3.8, 4) is 0 Å². The maximum atomic E-state index is 10.5. The Balaban J connectivity index is 3.29. The minimum Gasteiger partial charge on any atom is -0.303 e. The van der Waals surface area contributed by atoms with Crippen LogP contribution in [0.15, 0.2) is 0 Å². The molecule has 2 nitrogen and oxygen atoms in total. The van der Waals surface area contributed by atoms with E-state index < -0.39 is 0 Å². The molecule has 0 N–H and O–H groups in total. The van der Waals surface area contributed by atoms with E-state index in [1.807, 2.05) is 6.92 Å². The summed E-state index contributed by atoms with van der Waals surface area (Å²) in [6.07, 6.45) is 2.93. The van der Waals surface area contributed by atoms with Crippen LogP contribution in [0.5, 0.6) is 0 Å². The van der Waals surface area contributed by atoms with Crippen molar-refractivity contribution in [2.45, 2.75) is 33.1 Å². The second-order valence-electron chi connectivity index (χ2n) is 2.75. The van der Waals surface area contributed by atoms with Gasteiger partial charge in [-0.15, -0.1) is 0 Å². The van der Waals surface area contributed by atoms with Gasteiger partial charge in [0.2, 0.25) is 0 Å². The Morgan fingerprint density at radius 1 is 1.60 bits per heavy atom. The molecule has 0 aromatic carbocycles. The lowest BCUT2D eigenvalue weighted by Gasteiger charge is -2.03. The standard InChI is InChI=1S/C8H14O2/c1-7(5-6-9)3-4-8(2)10/h6-7H,3-5H2,1-2H3. The predicted molar refractivity (Wildman–Crippen MR) is 39.8 cm³/mol. The maximum absolute atomic E-state index is 10.5. The molecule has 0 aliphatic heterocycles. The van der Waals surface area contributed by atoms with Gasteiger partial charge >= 0.3 is 0 Å². The van der Waals surface area contributed by atoms with Gasteiger partial charge in [-0.05, 0) is 19.3 Å². The minimum absolute atomic E-state index is 0.206. The Kier molecular flexibility index (Phi) is 4.81. The second-order valence-corrected chi connectivity index (χ2v) is 2.75. The fourth-order valence-electron chi connectivity index (χ4n) is 0.732. The van der Waals surface area contributed by atoms with E-state index >= 15 is 0 Å². The molecule has 0 saturated heterocycles. The first-order chi connectivity index (χ1) is 4.66. The molecule has 0 aliphatic rings. The van der Waals surface area contributed by atoms with Crippen molar-refractivity contribution in [3.05, 3.63) is 0 Å². The van der Waals surface area contributed by atoms with E-state index in [1.54, 1.807) is 6.92 Å². The van der Waals surface area contributed by atoms with E-state index in [4.69, 9.17) is 0 Å². The van der Waals surface area contributed by atoms with Crippen LogP contribution in [0.1, 0.15) is 33.1 Å². The molecule has 2 heteroatoms. The lowest BCUT2D eigenvalue weighted by atomic mass is 10.0. The first-order valence-electron chi connectivity index (χ1n) is 3.60. The van der Waals surface area contributed by atoms with Crippen LogP contribution < -0.4 is 0 Å². The predicted octanol–water partition coefficient (Wildman–Crippen LogP) is 1.58. The third-order valence-corrected chi connectivity index (χ3v) is 1.49. The van der Waals surface area contributed by atoms with Gasteiger partial charge in [0, 0.05) is 12.8 Å². The van der Waals surface area contributed by atoms with Crippen LogP contribution in [-0.4, -0.2) is 12.1 Å². The number of hydrogen-bond acceptors (Lipinski definition) is 2. The SMILES string of the molecule is CC(=O)CCC(C)CC=O. The fourth-order valence-corrected chi connectivity index (χ4v) is 0.732. The molecule has 0 amide bonds. The summed E-state index contributed by atoms with van der Waals surface area (Å²) in [7, 11) is 0. The zero-order valence-corrected chi connectivity index (χ0v) is 6.59. The molecular formula is C8H14O2. The summed E-state index contributed by atoms with van der Waals surface area (Å²) in [4.78, 5) is 20.4. The summed E-state index contributed by atoms with van der Waals surface area (Å²) in [5, 5.41) is 0. The monoisotopic (exact) mass is 142 g/mol. The van der Waals surface area contributed by atoms with Crippen molar-refractivity contribution < 1.29 is 9.59 Å². The highest BCUT2D eigenvalue weighted by Gasteiger charge is 2.01. The Bertz CT molecular complexity index is 118. The van der Waals surface area contributed by atoms with Gasteiger partial charge in [-0.2, -0.15) is 0 Å². The Labute approximate surface area is 61.6 Å². The number of carbonyl (C=O) groups is 2. The van der Waals surface area contributed by atoms with Gasteiger partial charge in [-0.3, -0.25) is 0 Å². The first-order valence-corrected chi connectivity index (χ1v) is 3.60. The summed E-state index contributed by atoms with van der Waals surface area (Å²) in [6.45, 7) is 3.56. The summed E-state index contributed by atoms with van der Waals surface area (Å²) in [5.41, 5.74) is 0. The quantitative estimate of drug-likeness (QED) is 0.546. The Hall–Kier alpha value is -0.660. The fraction of sp³-hybridized carbons (Fsp3) is 0.750. The minimum atomic E-state index is 0.206. The molecule has 1 unspecified atom stereocenters. The second kappa shape index (κ2) is 5.15. The number of hydrogen-bond donors (Lipinski definition) is 0. The van der Waals surface area contributed by atoms with Crippen LogP contribution in [0.4, 0.5) is 0 Å². The summed E-state index contributed by atoms with van der Waals surface area (Å²) >= 11 is 0. The van der Waals surface area contributed by atoms with Crippen molar-refractivity contribution >= 4 is 12.1 Å². The summed E-state index contributed by atoms with van der Waals surface area (Å²) in [6, 6.07) is 0. The van der Waals surface area contributed by atoms with Gasteiger partial charge < -0.3 is 9.59 Å². The van der Waals surface area contributed by atoms with Crippen LogP contribution >= 0.6 is 0 Å². The number of aldehydes is 1. The average Bonchev–Trinajstić information content (AvgIpc) is 1.85. The largest absolute Gasteiger partial charge is 0.303 e. The molecule has 0 radical (unpaired) electrons. The third-order valence-electron chi connectivity index (χ3n) is 1.49. The lowest BCUT2D eigenvalue weighted by Crippen LogP contribution is -1.99. The van der Waals surface area contributed by atoms with E-state index in [-0.39, 0.29) is 5.78 Å². The molecule has 0 fully saturated rings. The van der Waals surface area contributed by atoms with E-state index in [9.17, 15) is 9.59 Å². The van der Waals surface area contributed by atoms with Gasteiger partial charge in [0.15, 0.2) is 0 Å². The van der Waals surface area contributed by atoms with Crippen LogP contribution in [0.25, 0.3) is 0 Å². The molecular weight excluding hydrogens is 128 g/mol. The molecule has 0 spiro atoms. The Morgan fingerprint density at radius 3 is 2.60 bits per heavy atom. The topological polar surface area (TPSA) is 34.1 Å². The highest BCUT2D eigenvalue weighted by Crippen LogP contribution is 2.07. The van der Waals surface area contributed by atoms with Gasteiger partial charge in [0.1, 0.15) is 12.1 Å². The first kappa shape index (κ1) is 9.34. The molecule has 58 valence electrons. The molecule has 0 aromatic rings. The van der Waals surface area contributed by atoms with Crippen molar-refractivity contribution in [2.24, 2.45) is 5.92 Å².